The lowest BCUT2D eigenvalue weighted by molar-refractivity contribution is -0.198. The normalized spacial score (nSPS) is 25.2. The van der Waals surface area contributed by atoms with Crippen LogP contribution in [0.5, 0.6) is 0 Å². The summed E-state index contributed by atoms with van der Waals surface area (Å²) in [7, 11) is -3.37. The summed E-state index contributed by atoms with van der Waals surface area (Å²) in [4.78, 5) is 27.1. The van der Waals surface area contributed by atoms with Crippen LogP contribution in [0.4, 0.5) is 18.0 Å². The van der Waals surface area contributed by atoms with E-state index >= 15 is 0 Å². The Hall–Kier alpha value is -2.18. The zero-order valence-electron chi connectivity index (χ0n) is 14.9. The van der Waals surface area contributed by atoms with Crippen LogP contribution in [0.2, 0.25) is 0 Å². The highest BCUT2D eigenvalue weighted by atomic mass is 32.2. The number of halogens is 3. The molecule has 2 aliphatic rings. The van der Waals surface area contributed by atoms with Crippen LogP contribution >= 0.6 is 0 Å². The second kappa shape index (κ2) is 7.01. The molecule has 12 heteroatoms. The summed E-state index contributed by atoms with van der Waals surface area (Å²) >= 11 is 0. The number of imide groups is 1. The monoisotopic (exact) mass is 420 g/mol. The number of nitrogens with one attached hydrogen (secondary N) is 1. The minimum atomic E-state index is -5.04. The lowest BCUT2D eigenvalue weighted by Crippen LogP contribution is -2.56. The van der Waals surface area contributed by atoms with Crippen LogP contribution in [0.1, 0.15) is 5.56 Å². The van der Waals surface area contributed by atoms with Crippen molar-refractivity contribution in [3.8, 4) is 0 Å². The molecule has 0 aliphatic carbocycles. The van der Waals surface area contributed by atoms with Crippen molar-refractivity contribution in [2.45, 2.75) is 11.7 Å². The van der Waals surface area contributed by atoms with Crippen molar-refractivity contribution in [2.24, 2.45) is 0 Å². The van der Waals surface area contributed by atoms with Crippen LogP contribution in [-0.2, 0) is 20.4 Å². The zero-order chi connectivity index (χ0) is 20.7. The largest absolute Gasteiger partial charge is 0.425 e. The molecule has 2 aliphatic heterocycles. The van der Waals surface area contributed by atoms with Crippen molar-refractivity contribution >= 4 is 22.0 Å². The van der Waals surface area contributed by atoms with E-state index in [0.717, 1.165) is 18.4 Å². The Labute approximate surface area is 159 Å². The molecule has 1 N–H and O–H groups in total. The smallest absolute Gasteiger partial charge is 0.312 e. The summed E-state index contributed by atoms with van der Waals surface area (Å²) in [5.41, 5.74) is -3.51. The van der Waals surface area contributed by atoms with E-state index in [1.165, 1.54) is 22.5 Å². The van der Waals surface area contributed by atoms with E-state index in [1.54, 1.807) is 4.90 Å². The highest BCUT2D eigenvalue weighted by molar-refractivity contribution is 7.88. The fraction of sp³-hybridized carbons (Fsp3) is 0.500. The molecule has 3 amide bonds. The highest BCUT2D eigenvalue weighted by Gasteiger charge is 2.68. The van der Waals surface area contributed by atoms with Crippen LogP contribution < -0.4 is 5.32 Å². The SMILES string of the molecule is CS(=O)(=O)N1CCN(CN2C(=O)NC(c3ccccc3)(C(F)(F)F)C2=O)CC1. The molecule has 0 saturated carbocycles. The second-order valence-electron chi connectivity index (χ2n) is 6.70. The maximum Gasteiger partial charge on any atom is 0.425 e. The molecule has 1 aromatic rings. The number of hydrogen-bond acceptors (Lipinski definition) is 5. The van der Waals surface area contributed by atoms with Crippen molar-refractivity contribution in [1.29, 1.82) is 0 Å². The maximum atomic E-state index is 13.9. The van der Waals surface area contributed by atoms with Crippen molar-refractivity contribution < 1.29 is 31.2 Å². The topological polar surface area (TPSA) is 90.0 Å². The molecule has 1 aromatic carbocycles. The van der Waals surface area contributed by atoms with Crippen molar-refractivity contribution in [1.82, 2.24) is 19.4 Å². The van der Waals surface area contributed by atoms with E-state index < -0.39 is 33.7 Å². The Bertz CT molecular complexity index is 870. The highest BCUT2D eigenvalue weighted by Crippen LogP contribution is 2.43. The van der Waals surface area contributed by atoms with Crippen LogP contribution in [0, 0.1) is 0 Å². The number of nitrogens with zero attached hydrogens (tertiary/aromatic N) is 3. The minimum absolute atomic E-state index is 0.131. The molecule has 1 atom stereocenters. The lowest BCUT2D eigenvalue weighted by Gasteiger charge is -2.35. The molecular formula is C16H19F3N4O4S. The number of sulfonamides is 1. The third-order valence-corrected chi connectivity index (χ3v) is 6.18. The summed E-state index contributed by atoms with van der Waals surface area (Å²) in [6, 6.07) is 5.36. The number of piperazine rings is 1. The predicted molar refractivity (Wildman–Crippen MR) is 92.4 cm³/mol. The van der Waals surface area contributed by atoms with Crippen molar-refractivity contribution in [2.75, 3.05) is 39.1 Å². The maximum absolute atomic E-state index is 13.9. The van der Waals surface area contributed by atoms with E-state index in [9.17, 15) is 31.2 Å². The third-order valence-electron chi connectivity index (χ3n) is 4.88. The molecular weight excluding hydrogens is 401 g/mol. The Balaban J connectivity index is 1.82. The Morgan fingerprint density at radius 3 is 2.14 bits per heavy atom. The third kappa shape index (κ3) is 3.47. The molecule has 28 heavy (non-hydrogen) atoms. The first-order chi connectivity index (χ1) is 13.0. The van der Waals surface area contributed by atoms with Gasteiger partial charge in [0.25, 0.3) is 5.91 Å². The molecule has 154 valence electrons. The molecule has 2 fully saturated rings. The number of hydrogen-bond donors (Lipinski definition) is 1. The van der Waals surface area contributed by atoms with Gasteiger partial charge < -0.3 is 5.32 Å². The van der Waals surface area contributed by atoms with Crippen LogP contribution in [0.15, 0.2) is 30.3 Å². The van der Waals surface area contributed by atoms with Crippen LogP contribution in [0.25, 0.3) is 0 Å². The first kappa shape index (κ1) is 20.6. The van der Waals surface area contributed by atoms with Gasteiger partial charge in [-0.3, -0.25) is 9.69 Å². The summed E-state index contributed by atoms with van der Waals surface area (Å²) in [6.07, 6.45) is -3.97. The molecule has 8 nitrogen and oxygen atoms in total. The number of rotatable bonds is 4. The molecule has 0 radical (unpaired) electrons. The van der Waals surface area contributed by atoms with Gasteiger partial charge in [0.05, 0.1) is 12.9 Å². The van der Waals surface area contributed by atoms with E-state index in [2.05, 4.69) is 0 Å². The van der Waals surface area contributed by atoms with Gasteiger partial charge in [0, 0.05) is 26.2 Å². The van der Waals surface area contributed by atoms with E-state index in [1.807, 2.05) is 5.32 Å². The van der Waals surface area contributed by atoms with Gasteiger partial charge in [-0.1, -0.05) is 30.3 Å². The first-order valence-corrected chi connectivity index (χ1v) is 10.3. The van der Waals surface area contributed by atoms with Gasteiger partial charge in [0.15, 0.2) is 0 Å². The van der Waals surface area contributed by atoms with Crippen LogP contribution in [0.3, 0.4) is 0 Å². The molecule has 1 unspecified atom stereocenters. The quantitative estimate of drug-likeness (QED) is 0.718. The molecule has 0 spiro atoms. The average molecular weight is 420 g/mol. The van der Waals surface area contributed by atoms with Crippen molar-refractivity contribution in [3.05, 3.63) is 35.9 Å². The fourth-order valence-electron chi connectivity index (χ4n) is 3.35. The number of alkyl halides is 3. The molecule has 0 bridgehead atoms. The molecule has 2 heterocycles. The number of carbonyl (C=O) groups is 2. The first-order valence-electron chi connectivity index (χ1n) is 8.40. The number of amides is 3. The minimum Gasteiger partial charge on any atom is -0.312 e. The van der Waals surface area contributed by atoms with Gasteiger partial charge in [-0.05, 0) is 5.56 Å². The number of urea groups is 1. The summed E-state index contributed by atoms with van der Waals surface area (Å²) in [5, 5.41) is 1.83. The van der Waals surface area contributed by atoms with Crippen LogP contribution in [-0.4, -0.2) is 79.7 Å². The van der Waals surface area contributed by atoms with E-state index in [0.29, 0.717) is 4.90 Å². The van der Waals surface area contributed by atoms with Gasteiger partial charge >= 0.3 is 12.2 Å². The Kier molecular flexibility index (Phi) is 5.15. The predicted octanol–water partition coefficient (Wildman–Crippen LogP) is 0.531. The van der Waals surface area contributed by atoms with Gasteiger partial charge in [0.2, 0.25) is 15.6 Å². The summed E-state index contributed by atoms with van der Waals surface area (Å²) < 4.78 is 66.1. The van der Waals surface area contributed by atoms with Gasteiger partial charge in [-0.15, -0.1) is 0 Å². The molecule has 3 rings (SSSR count). The van der Waals surface area contributed by atoms with Gasteiger partial charge in [-0.2, -0.15) is 17.5 Å². The van der Waals surface area contributed by atoms with Crippen molar-refractivity contribution in [3.63, 3.8) is 0 Å². The number of benzene rings is 1. The van der Waals surface area contributed by atoms with E-state index in [-0.39, 0.29) is 38.4 Å². The van der Waals surface area contributed by atoms with Gasteiger partial charge in [-0.25, -0.2) is 18.1 Å². The van der Waals surface area contributed by atoms with Gasteiger partial charge in [0.1, 0.15) is 0 Å². The fourth-order valence-corrected chi connectivity index (χ4v) is 4.17. The summed E-state index contributed by atoms with van der Waals surface area (Å²) in [6.45, 7) is 0.285. The van der Waals surface area contributed by atoms with E-state index in [4.69, 9.17) is 0 Å². The summed E-state index contributed by atoms with van der Waals surface area (Å²) in [5.74, 6) is -1.40. The standard InChI is InChI=1S/C16H19F3N4O4S/c1-28(26,27)22-9-7-21(8-10-22)11-23-13(24)15(16(17,18)19,20-14(23)25)12-5-3-2-4-6-12/h2-6H,7-11H2,1H3,(H,20,25). The Morgan fingerprint density at radius 2 is 1.64 bits per heavy atom. The number of carbonyl (C=O) groups excluding carboxylic acids is 2. The average Bonchev–Trinajstić information content (AvgIpc) is 2.87. The molecule has 2 saturated heterocycles. The lowest BCUT2D eigenvalue weighted by atomic mass is 9.89. The second-order valence-corrected chi connectivity index (χ2v) is 8.68. The Morgan fingerprint density at radius 1 is 1.07 bits per heavy atom. The molecule has 0 aromatic heterocycles. The zero-order valence-corrected chi connectivity index (χ0v) is 15.8.